The Morgan fingerprint density at radius 3 is 2.62 bits per heavy atom. The molecule has 0 aliphatic heterocycles. The van der Waals surface area contributed by atoms with Crippen molar-refractivity contribution in [3.8, 4) is 5.75 Å². The van der Waals surface area contributed by atoms with Gasteiger partial charge in [-0.1, -0.05) is 26.0 Å². The zero-order valence-electron chi connectivity index (χ0n) is 15.5. The number of hydrogen-bond donors (Lipinski definition) is 2. The van der Waals surface area contributed by atoms with Crippen LogP contribution in [0.1, 0.15) is 45.2 Å². The van der Waals surface area contributed by atoms with Gasteiger partial charge in [-0.05, 0) is 50.6 Å². The molecule has 0 spiro atoms. The van der Waals surface area contributed by atoms with Crippen LogP contribution in [0.5, 0.6) is 5.75 Å². The third-order valence-corrected chi connectivity index (χ3v) is 4.42. The fraction of sp³-hybridized carbons (Fsp3) is 0.632. The smallest absolute Gasteiger partial charge is 0.191 e. The lowest BCUT2D eigenvalue weighted by atomic mass is 10.0. The highest BCUT2D eigenvalue weighted by Gasteiger charge is 2.23. The van der Waals surface area contributed by atoms with Gasteiger partial charge < -0.3 is 15.4 Å². The number of ether oxygens (including phenoxy) is 1. The van der Waals surface area contributed by atoms with Crippen molar-refractivity contribution in [2.24, 2.45) is 4.99 Å². The van der Waals surface area contributed by atoms with Crippen LogP contribution in [0.4, 0.5) is 0 Å². The molecule has 0 heterocycles. The van der Waals surface area contributed by atoms with Crippen LogP contribution in [0.25, 0.3) is 0 Å². The van der Waals surface area contributed by atoms with Crippen LogP contribution in [0, 0.1) is 0 Å². The Balaban J connectivity index is 2.17. The lowest BCUT2D eigenvalue weighted by Gasteiger charge is -2.29. The standard InChI is InChI=1S/C19H32N4O/c1-5-20-19(22-16-11-12-16)21-14-18(23(6-2)7-3)15-9-8-10-17(13-15)24-4/h8-10,13,16,18H,5-7,11-12,14H2,1-4H3,(H2,20,21,22). The molecule has 5 nitrogen and oxygen atoms in total. The topological polar surface area (TPSA) is 48.9 Å². The van der Waals surface area contributed by atoms with Gasteiger partial charge in [0, 0.05) is 12.6 Å². The number of aliphatic imine (C=N–C) groups is 1. The van der Waals surface area contributed by atoms with Crippen molar-refractivity contribution in [3.05, 3.63) is 29.8 Å². The fourth-order valence-electron chi connectivity index (χ4n) is 2.86. The Morgan fingerprint density at radius 2 is 2.04 bits per heavy atom. The number of hydrogen-bond acceptors (Lipinski definition) is 3. The Kier molecular flexibility index (Phi) is 7.37. The highest BCUT2D eigenvalue weighted by Crippen LogP contribution is 2.25. The first-order valence-electron chi connectivity index (χ1n) is 9.14. The van der Waals surface area contributed by atoms with E-state index in [1.807, 2.05) is 6.07 Å². The predicted molar refractivity (Wildman–Crippen MR) is 101 cm³/mol. The number of benzene rings is 1. The van der Waals surface area contributed by atoms with Gasteiger partial charge in [0.15, 0.2) is 5.96 Å². The van der Waals surface area contributed by atoms with Gasteiger partial charge in [-0.3, -0.25) is 9.89 Å². The Labute approximate surface area is 146 Å². The average molecular weight is 332 g/mol. The first kappa shape index (κ1) is 18.6. The van der Waals surface area contributed by atoms with Crippen LogP contribution < -0.4 is 15.4 Å². The maximum absolute atomic E-state index is 5.40. The second-order valence-corrected chi connectivity index (χ2v) is 6.15. The first-order valence-corrected chi connectivity index (χ1v) is 9.14. The van der Waals surface area contributed by atoms with E-state index in [-0.39, 0.29) is 6.04 Å². The first-order chi connectivity index (χ1) is 11.7. The highest BCUT2D eigenvalue weighted by molar-refractivity contribution is 5.80. The lowest BCUT2D eigenvalue weighted by Crippen LogP contribution is -2.39. The van der Waals surface area contributed by atoms with Crippen molar-refractivity contribution in [1.82, 2.24) is 15.5 Å². The minimum Gasteiger partial charge on any atom is -0.497 e. The molecule has 1 aromatic rings. The van der Waals surface area contributed by atoms with Gasteiger partial charge in [0.05, 0.1) is 19.7 Å². The molecule has 1 atom stereocenters. The molecule has 1 aliphatic carbocycles. The van der Waals surface area contributed by atoms with Crippen molar-refractivity contribution < 1.29 is 4.74 Å². The van der Waals surface area contributed by atoms with Crippen LogP contribution in [0.15, 0.2) is 29.3 Å². The van der Waals surface area contributed by atoms with E-state index in [9.17, 15) is 0 Å². The third kappa shape index (κ3) is 5.41. The summed E-state index contributed by atoms with van der Waals surface area (Å²) in [6, 6.07) is 9.20. The van der Waals surface area contributed by atoms with Gasteiger partial charge in [-0.15, -0.1) is 0 Å². The summed E-state index contributed by atoms with van der Waals surface area (Å²) in [6.45, 7) is 10.1. The summed E-state index contributed by atoms with van der Waals surface area (Å²) in [4.78, 5) is 7.30. The number of rotatable bonds is 9. The SMILES string of the molecule is CCNC(=NCC(c1cccc(OC)c1)N(CC)CC)NC1CC1. The third-order valence-electron chi connectivity index (χ3n) is 4.42. The van der Waals surface area contributed by atoms with Gasteiger partial charge >= 0.3 is 0 Å². The minimum absolute atomic E-state index is 0.254. The maximum Gasteiger partial charge on any atom is 0.191 e. The molecule has 0 bridgehead atoms. The summed E-state index contributed by atoms with van der Waals surface area (Å²) in [5.74, 6) is 1.83. The van der Waals surface area contributed by atoms with E-state index in [4.69, 9.17) is 9.73 Å². The molecule has 1 fully saturated rings. The molecule has 0 amide bonds. The number of methoxy groups -OCH3 is 1. The van der Waals surface area contributed by atoms with Crippen molar-refractivity contribution in [3.63, 3.8) is 0 Å². The molecule has 1 aliphatic rings. The van der Waals surface area contributed by atoms with Crippen molar-refractivity contribution >= 4 is 5.96 Å². The molecule has 2 N–H and O–H groups in total. The number of nitrogens with zero attached hydrogens (tertiary/aromatic N) is 2. The molecule has 2 rings (SSSR count). The Hall–Kier alpha value is -1.75. The molecular weight excluding hydrogens is 300 g/mol. The van der Waals surface area contributed by atoms with Gasteiger partial charge in [-0.25, -0.2) is 0 Å². The van der Waals surface area contributed by atoms with E-state index in [1.165, 1.54) is 18.4 Å². The van der Waals surface area contributed by atoms with Gasteiger partial charge in [0.2, 0.25) is 0 Å². The van der Waals surface area contributed by atoms with Crippen LogP contribution in [0.3, 0.4) is 0 Å². The second-order valence-electron chi connectivity index (χ2n) is 6.15. The zero-order valence-corrected chi connectivity index (χ0v) is 15.5. The van der Waals surface area contributed by atoms with Crippen LogP contribution >= 0.6 is 0 Å². The number of nitrogens with one attached hydrogen (secondary N) is 2. The molecule has 1 aromatic carbocycles. The van der Waals surface area contributed by atoms with E-state index in [1.54, 1.807) is 7.11 Å². The summed E-state index contributed by atoms with van der Waals surface area (Å²) >= 11 is 0. The van der Waals surface area contributed by atoms with Crippen LogP contribution in [0.2, 0.25) is 0 Å². The molecule has 134 valence electrons. The molecular formula is C19H32N4O. The van der Waals surface area contributed by atoms with Crippen molar-refractivity contribution in [2.45, 2.75) is 45.7 Å². The monoisotopic (exact) mass is 332 g/mol. The molecule has 1 saturated carbocycles. The number of likely N-dealkylation sites (N-methyl/N-ethyl adjacent to an activating group) is 1. The van der Waals surface area contributed by atoms with E-state index in [0.29, 0.717) is 6.04 Å². The Bertz CT molecular complexity index is 524. The lowest BCUT2D eigenvalue weighted by molar-refractivity contribution is 0.224. The van der Waals surface area contributed by atoms with Gasteiger partial charge in [0.25, 0.3) is 0 Å². The van der Waals surface area contributed by atoms with Crippen LogP contribution in [-0.2, 0) is 0 Å². The zero-order chi connectivity index (χ0) is 17.4. The number of guanidine groups is 1. The minimum atomic E-state index is 0.254. The molecule has 24 heavy (non-hydrogen) atoms. The largest absolute Gasteiger partial charge is 0.497 e. The van der Waals surface area contributed by atoms with Gasteiger partial charge in [0.1, 0.15) is 5.75 Å². The van der Waals surface area contributed by atoms with Gasteiger partial charge in [-0.2, -0.15) is 0 Å². The summed E-state index contributed by atoms with van der Waals surface area (Å²) in [6.07, 6.45) is 2.50. The van der Waals surface area contributed by atoms with Crippen molar-refractivity contribution in [1.29, 1.82) is 0 Å². The van der Waals surface area contributed by atoms with E-state index >= 15 is 0 Å². The second kappa shape index (κ2) is 9.52. The molecule has 0 radical (unpaired) electrons. The van der Waals surface area contributed by atoms with E-state index in [2.05, 4.69) is 54.5 Å². The molecule has 1 unspecified atom stereocenters. The molecule has 0 aromatic heterocycles. The maximum atomic E-state index is 5.40. The quantitative estimate of drug-likeness (QED) is 0.539. The summed E-state index contributed by atoms with van der Waals surface area (Å²) < 4.78 is 5.40. The van der Waals surface area contributed by atoms with Crippen LogP contribution in [-0.4, -0.2) is 50.2 Å². The average Bonchev–Trinajstić information content (AvgIpc) is 3.42. The van der Waals surface area contributed by atoms with E-state index in [0.717, 1.165) is 37.9 Å². The van der Waals surface area contributed by atoms with Crippen molar-refractivity contribution in [2.75, 3.05) is 33.3 Å². The summed E-state index contributed by atoms with van der Waals surface area (Å²) in [5.41, 5.74) is 1.25. The summed E-state index contributed by atoms with van der Waals surface area (Å²) in [7, 11) is 1.71. The highest BCUT2D eigenvalue weighted by atomic mass is 16.5. The predicted octanol–water partition coefficient (Wildman–Crippen LogP) is 2.80. The Morgan fingerprint density at radius 1 is 1.29 bits per heavy atom. The fourth-order valence-corrected chi connectivity index (χ4v) is 2.86. The normalized spacial score (nSPS) is 16.1. The molecule has 0 saturated heterocycles. The van der Waals surface area contributed by atoms with E-state index < -0.39 is 0 Å². The summed E-state index contributed by atoms with van der Waals surface area (Å²) in [5, 5.41) is 6.85. The molecule has 5 heteroatoms.